The fourth-order valence-corrected chi connectivity index (χ4v) is 4.90. The quantitative estimate of drug-likeness (QED) is 0.254. The molecule has 204 valence electrons. The molecule has 0 saturated carbocycles. The van der Waals surface area contributed by atoms with E-state index in [4.69, 9.17) is 0 Å². The number of carboxylic acids is 1. The molecule has 8 heteroatoms. The molecule has 3 aromatic rings. The number of hydrogen-bond acceptors (Lipinski definition) is 6. The third kappa shape index (κ3) is 7.51. The number of likely N-dealkylation sites (tertiary alicyclic amines) is 1. The van der Waals surface area contributed by atoms with Crippen LogP contribution in [0.25, 0.3) is 0 Å². The van der Waals surface area contributed by atoms with Crippen LogP contribution in [0.4, 0.5) is 10.1 Å². The van der Waals surface area contributed by atoms with Gasteiger partial charge in [0.15, 0.2) is 12.2 Å². The van der Waals surface area contributed by atoms with Crippen LogP contribution in [0, 0.1) is 0 Å². The van der Waals surface area contributed by atoms with Crippen molar-refractivity contribution in [3.63, 3.8) is 0 Å². The van der Waals surface area contributed by atoms with Gasteiger partial charge >= 0.3 is 11.9 Å². The van der Waals surface area contributed by atoms with Gasteiger partial charge in [-0.3, -0.25) is 9.89 Å². The van der Waals surface area contributed by atoms with Crippen molar-refractivity contribution in [1.29, 1.82) is 0 Å². The molecule has 2 N–H and O–H groups in total. The van der Waals surface area contributed by atoms with Crippen molar-refractivity contribution in [2.24, 2.45) is 4.99 Å². The molecule has 39 heavy (non-hydrogen) atoms. The third-order valence-electron chi connectivity index (χ3n) is 6.94. The minimum atomic E-state index is -2.09. The molecule has 1 heterocycles. The monoisotopic (exact) mass is 531 g/mol. The molecule has 1 saturated heterocycles. The standard InChI is InChI=1S/C31H34FN3O4/c1-39-31(38)26(32)19-28(30(36)37)34-29(23-13-6-3-7-14-23)25-16-8-9-17-27(25)33-20-24-15-10-18-35(24)21-22-11-4-2-5-12-22/h2-9,11-14,16-17,24,26,28,33H,10,15,18-21H2,1H3,(H,36,37). The molecule has 3 atom stereocenters. The molecule has 4 rings (SSSR count). The minimum Gasteiger partial charge on any atom is -0.480 e. The predicted octanol–water partition coefficient (Wildman–Crippen LogP) is 4.95. The van der Waals surface area contributed by atoms with Crippen molar-refractivity contribution in [2.45, 2.75) is 44.1 Å². The molecule has 1 aliphatic heterocycles. The van der Waals surface area contributed by atoms with Gasteiger partial charge in [0.1, 0.15) is 0 Å². The summed E-state index contributed by atoms with van der Waals surface area (Å²) in [6.45, 7) is 2.63. The number of carbonyl (C=O) groups is 2. The van der Waals surface area contributed by atoms with Gasteiger partial charge in [-0.05, 0) is 31.0 Å². The van der Waals surface area contributed by atoms with E-state index in [1.54, 1.807) is 0 Å². The molecule has 3 unspecified atom stereocenters. The number of alkyl halides is 1. The molecule has 1 fully saturated rings. The molecular formula is C31H34FN3O4. The van der Waals surface area contributed by atoms with Crippen LogP contribution in [-0.2, 0) is 20.9 Å². The number of rotatable bonds is 12. The van der Waals surface area contributed by atoms with Crippen molar-refractivity contribution in [1.82, 2.24) is 4.90 Å². The molecule has 3 aromatic carbocycles. The zero-order chi connectivity index (χ0) is 27.6. The normalized spacial score (nSPS) is 17.4. The first kappa shape index (κ1) is 28.0. The number of hydrogen-bond donors (Lipinski definition) is 2. The lowest BCUT2D eigenvalue weighted by Gasteiger charge is -2.26. The molecule has 0 bridgehead atoms. The second-order valence-corrected chi connectivity index (χ2v) is 9.60. The first-order valence-corrected chi connectivity index (χ1v) is 13.2. The Hall–Kier alpha value is -4.04. The van der Waals surface area contributed by atoms with Crippen molar-refractivity contribution >= 4 is 23.3 Å². The van der Waals surface area contributed by atoms with Gasteiger partial charge in [0.25, 0.3) is 0 Å². The number of benzene rings is 3. The number of aliphatic imine (C=N–C) groups is 1. The van der Waals surface area contributed by atoms with Crippen LogP contribution in [0.2, 0.25) is 0 Å². The first-order chi connectivity index (χ1) is 19.0. The fraction of sp³-hybridized carbons (Fsp3) is 0.323. The van der Waals surface area contributed by atoms with E-state index >= 15 is 0 Å². The van der Waals surface area contributed by atoms with E-state index < -0.39 is 30.6 Å². The highest BCUT2D eigenvalue weighted by Gasteiger charge is 2.29. The van der Waals surface area contributed by atoms with E-state index in [1.165, 1.54) is 5.56 Å². The van der Waals surface area contributed by atoms with Crippen molar-refractivity contribution in [2.75, 3.05) is 25.5 Å². The summed E-state index contributed by atoms with van der Waals surface area (Å²) in [5.41, 5.74) is 3.89. The Balaban J connectivity index is 1.60. The molecule has 7 nitrogen and oxygen atoms in total. The van der Waals surface area contributed by atoms with E-state index in [0.717, 1.165) is 38.7 Å². The fourth-order valence-electron chi connectivity index (χ4n) is 4.90. The number of carbonyl (C=O) groups excluding carboxylic acids is 1. The van der Waals surface area contributed by atoms with Crippen LogP contribution in [0.1, 0.15) is 36.0 Å². The van der Waals surface area contributed by atoms with Gasteiger partial charge < -0.3 is 15.2 Å². The summed E-state index contributed by atoms with van der Waals surface area (Å²) < 4.78 is 18.8. The average molecular weight is 532 g/mol. The minimum absolute atomic E-state index is 0.342. The Bertz CT molecular complexity index is 1270. The number of nitrogens with zero attached hydrogens (tertiary/aromatic N) is 2. The first-order valence-electron chi connectivity index (χ1n) is 13.2. The topological polar surface area (TPSA) is 91.2 Å². The van der Waals surface area contributed by atoms with Gasteiger partial charge in [0.05, 0.1) is 12.8 Å². The summed E-state index contributed by atoms with van der Waals surface area (Å²) in [6.07, 6.45) is -0.510. The number of ether oxygens (including phenoxy) is 1. The van der Waals surface area contributed by atoms with Crippen LogP contribution in [-0.4, -0.2) is 66.1 Å². The average Bonchev–Trinajstić information content (AvgIpc) is 3.41. The Morgan fingerprint density at radius 3 is 2.41 bits per heavy atom. The molecule has 0 aliphatic carbocycles. The number of carboxylic acid groups (broad SMARTS) is 1. The summed E-state index contributed by atoms with van der Waals surface area (Å²) >= 11 is 0. The van der Waals surface area contributed by atoms with E-state index in [1.807, 2.05) is 60.7 Å². The lowest BCUT2D eigenvalue weighted by Crippen LogP contribution is -2.34. The largest absolute Gasteiger partial charge is 0.480 e. The maximum absolute atomic E-state index is 14.4. The molecule has 0 radical (unpaired) electrons. The van der Waals surface area contributed by atoms with E-state index in [2.05, 4.69) is 44.2 Å². The molecule has 1 aliphatic rings. The maximum atomic E-state index is 14.4. The highest BCUT2D eigenvalue weighted by atomic mass is 19.1. The second kappa shape index (κ2) is 13.7. The number of esters is 1. The van der Waals surface area contributed by atoms with Crippen LogP contribution < -0.4 is 5.32 Å². The van der Waals surface area contributed by atoms with Crippen molar-refractivity contribution < 1.29 is 23.8 Å². The number of nitrogens with one attached hydrogen (secondary N) is 1. The van der Waals surface area contributed by atoms with E-state index in [-0.39, 0.29) is 0 Å². The van der Waals surface area contributed by atoms with Crippen molar-refractivity contribution in [3.05, 3.63) is 102 Å². The van der Waals surface area contributed by atoms with Gasteiger partial charge in [-0.2, -0.15) is 0 Å². The Kier molecular flexibility index (Phi) is 9.80. The third-order valence-corrected chi connectivity index (χ3v) is 6.94. The van der Waals surface area contributed by atoms with Gasteiger partial charge in [0, 0.05) is 42.4 Å². The van der Waals surface area contributed by atoms with Crippen LogP contribution in [0.15, 0.2) is 89.9 Å². The number of para-hydroxylation sites is 1. The summed E-state index contributed by atoms with van der Waals surface area (Å²) in [5, 5.41) is 13.4. The van der Waals surface area contributed by atoms with Gasteiger partial charge in [-0.15, -0.1) is 0 Å². The zero-order valence-electron chi connectivity index (χ0n) is 22.0. The maximum Gasteiger partial charge on any atom is 0.340 e. The summed E-state index contributed by atoms with van der Waals surface area (Å²) in [5.74, 6) is -2.43. The lowest BCUT2D eigenvalue weighted by atomic mass is 9.99. The van der Waals surface area contributed by atoms with Crippen LogP contribution >= 0.6 is 0 Å². The lowest BCUT2D eigenvalue weighted by molar-refractivity contribution is -0.147. The Morgan fingerprint density at radius 2 is 1.72 bits per heavy atom. The Morgan fingerprint density at radius 1 is 1.05 bits per heavy atom. The van der Waals surface area contributed by atoms with E-state index in [9.17, 15) is 19.1 Å². The molecular weight excluding hydrogens is 497 g/mol. The van der Waals surface area contributed by atoms with Crippen LogP contribution in [0.5, 0.6) is 0 Å². The second-order valence-electron chi connectivity index (χ2n) is 9.60. The number of halogens is 1. The molecule has 0 amide bonds. The smallest absolute Gasteiger partial charge is 0.340 e. The zero-order valence-corrected chi connectivity index (χ0v) is 22.0. The highest BCUT2D eigenvalue weighted by Crippen LogP contribution is 2.25. The van der Waals surface area contributed by atoms with Crippen LogP contribution in [0.3, 0.4) is 0 Å². The summed E-state index contributed by atoms with van der Waals surface area (Å²) in [4.78, 5) is 30.7. The van der Waals surface area contributed by atoms with Gasteiger partial charge in [-0.25, -0.2) is 14.0 Å². The number of methoxy groups -OCH3 is 1. The SMILES string of the molecule is COC(=O)C(F)CC(N=C(c1ccccc1)c1ccccc1NCC1CCCN1Cc1ccccc1)C(=O)O. The molecule has 0 aromatic heterocycles. The predicted molar refractivity (Wildman–Crippen MR) is 150 cm³/mol. The Labute approximate surface area is 228 Å². The highest BCUT2D eigenvalue weighted by molar-refractivity contribution is 6.16. The van der Waals surface area contributed by atoms with Gasteiger partial charge in [0.2, 0.25) is 0 Å². The molecule has 0 spiro atoms. The number of aliphatic carboxylic acids is 1. The number of anilines is 1. The van der Waals surface area contributed by atoms with Gasteiger partial charge in [-0.1, -0.05) is 78.9 Å². The van der Waals surface area contributed by atoms with E-state index in [0.29, 0.717) is 29.4 Å². The summed E-state index contributed by atoms with van der Waals surface area (Å²) in [7, 11) is 1.07. The summed E-state index contributed by atoms with van der Waals surface area (Å²) in [6, 6.07) is 26.1. The van der Waals surface area contributed by atoms with Crippen molar-refractivity contribution in [3.8, 4) is 0 Å².